The number of benzene rings is 1. The normalized spacial score (nSPS) is 11.9. The van der Waals surface area contributed by atoms with Crippen LogP contribution in [0.15, 0.2) is 30.6 Å². The van der Waals surface area contributed by atoms with Gasteiger partial charge in [-0.15, -0.1) is 0 Å². The third-order valence-electron chi connectivity index (χ3n) is 3.17. The Morgan fingerprint density at radius 3 is 2.44 bits per heavy atom. The molecular weight excluding hydrogens is 196 g/mol. The SMILES string of the molecule is CCC(C)(C)Cc1ccc2nccnc2c1. The number of hydrogen-bond donors (Lipinski definition) is 0. The lowest BCUT2D eigenvalue weighted by Crippen LogP contribution is -2.13. The quantitative estimate of drug-likeness (QED) is 0.780. The molecule has 2 nitrogen and oxygen atoms in total. The van der Waals surface area contributed by atoms with E-state index in [4.69, 9.17) is 0 Å². The second-order valence-electron chi connectivity index (χ2n) is 5.07. The van der Waals surface area contributed by atoms with Crippen molar-refractivity contribution in [1.29, 1.82) is 0 Å². The summed E-state index contributed by atoms with van der Waals surface area (Å²) >= 11 is 0. The van der Waals surface area contributed by atoms with E-state index in [0.717, 1.165) is 17.5 Å². The predicted octanol–water partition coefficient (Wildman–Crippen LogP) is 3.61. The van der Waals surface area contributed by atoms with E-state index in [2.05, 4.69) is 48.9 Å². The fraction of sp³-hybridized carbons (Fsp3) is 0.429. The van der Waals surface area contributed by atoms with Crippen molar-refractivity contribution in [3.05, 3.63) is 36.2 Å². The minimum Gasteiger partial charge on any atom is -0.253 e. The molecule has 0 N–H and O–H groups in total. The van der Waals surface area contributed by atoms with Crippen molar-refractivity contribution in [3.8, 4) is 0 Å². The Kier molecular flexibility index (Phi) is 2.90. The zero-order chi connectivity index (χ0) is 11.6. The molecule has 2 heteroatoms. The van der Waals surface area contributed by atoms with Gasteiger partial charge in [0.25, 0.3) is 0 Å². The van der Waals surface area contributed by atoms with Gasteiger partial charge < -0.3 is 0 Å². The first-order valence-corrected chi connectivity index (χ1v) is 5.80. The maximum Gasteiger partial charge on any atom is 0.0889 e. The zero-order valence-corrected chi connectivity index (χ0v) is 10.2. The highest BCUT2D eigenvalue weighted by molar-refractivity contribution is 5.74. The van der Waals surface area contributed by atoms with Crippen LogP contribution in [-0.2, 0) is 6.42 Å². The summed E-state index contributed by atoms with van der Waals surface area (Å²) < 4.78 is 0. The lowest BCUT2D eigenvalue weighted by atomic mass is 9.83. The second kappa shape index (κ2) is 4.20. The van der Waals surface area contributed by atoms with Crippen molar-refractivity contribution in [3.63, 3.8) is 0 Å². The minimum atomic E-state index is 0.357. The smallest absolute Gasteiger partial charge is 0.0889 e. The molecule has 0 aliphatic rings. The molecule has 0 atom stereocenters. The molecule has 0 bridgehead atoms. The summed E-state index contributed by atoms with van der Waals surface area (Å²) in [6.45, 7) is 6.84. The molecule has 0 aliphatic carbocycles. The van der Waals surface area contributed by atoms with Gasteiger partial charge in [0.15, 0.2) is 0 Å². The maximum atomic E-state index is 4.34. The van der Waals surface area contributed by atoms with E-state index in [0.29, 0.717) is 5.41 Å². The average Bonchev–Trinajstić information content (AvgIpc) is 2.28. The van der Waals surface area contributed by atoms with E-state index < -0.39 is 0 Å². The lowest BCUT2D eigenvalue weighted by molar-refractivity contribution is 0.349. The van der Waals surface area contributed by atoms with Crippen LogP contribution in [0.3, 0.4) is 0 Å². The number of fused-ring (bicyclic) bond motifs is 1. The van der Waals surface area contributed by atoms with E-state index in [1.165, 1.54) is 12.0 Å². The van der Waals surface area contributed by atoms with Crippen LogP contribution in [0.1, 0.15) is 32.8 Å². The molecule has 2 rings (SSSR count). The number of hydrogen-bond acceptors (Lipinski definition) is 2. The standard InChI is InChI=1S/C14H18N2/c1-4-14(2,3)10-11-5-6-12-13(9-11)16-8-7-15-12/h5-9H,4,10H2,1-3H3. The van der Waals surface area contributed by atoms with Gasteiger partial charge in [0.1, 0.15) is 0 Å². The van der Waals surface area contributed by atoms with Crippen LogP contribution in [0.4, 0.5) is 0 Å². The third kappa shape index (κ3) is 2.38. The summed E-state index contributed by atoms with van der Waals surface area (Å²) in [5.41, 5.74) is 3.67. The topological polar surface area (TPSA) is 25.8 Å². The summed E-state index contributed by atoms with van der Waals surface area (Å²) in [5, 5.41) is 0. The van der Waals surface area contributed by atoms with Gasteiger partial charge in [-0.3, -0.25) is 9.97 Å². The van der Waals surface area contributed by atoms with Gasteiger partial charge in [0.05, 0.1) is 11.0 Å². The van der Waals surface area contributed by atoms with Gasteiger partial charge >= 0.3 is 0 Å². The van der Waals surface area contributed by atoms with Crippen LogP contribution in [0.5, 0.6) is 0 Å². The first-order valence-electron chi connectivity index (χ1n) is 5.80. The molecule has 84 valence electrons. The largest absolute Gasteiger partial charge is 0.253 e. The Balaban J connectivity index is 2.33. The Bertz CT molecular complexity index is 489. The summed E-state index contributed by atoms with van der Waals surface area (Å²) in [5.74, 6) is 0. The monoisotopic (exact) mass is 214 g/mol. The predicted molar refractivity (Wildman–Crippen MR) is 67.3 cm³/mol. The fourth-order valence-corrected chi connectivity index (χ4v) is 1.80. The van der Waals surface area contributed by atoms with Crippen LogP contribution in [0.25, 0.3) is 11.0 Å². The highest BCUT2D eigenvalue weighted by Gasteiger charge is 2.15. The van der Waals surface area contributed by atoms with E-state index in [1.54, 1.807) is 12.4 Å². The van der Waals surface area contributed by atoms with Crippen molar-refractivity contribution in [1.82, 2.24) is 9.97 Å². The van der Waals surface area contributed by atoms with Crippen LogP contribution in [-0.4, -0.2) is 9.97 Å². The molecule has 0 unspecified atom stereocenters. The van der Waals surface area contributed by atoms with Crippen LogP contribution in [0.2, 0.25) is 0 Å². The molecule has 0 aliphatic heterocycles. The van der Waals surface area contributed by atoms with Crippen molar-refractivity contribution in [2.24, 2.45) is 5.41 Å². The van der Waals surface area contributed by atoms with E-state index >= 15 is 0 Å². The summed E-state index contributed by atoms with van der Waals surface area (Å²) in [4.78, 5) is 8.61. The van der Waals surface area contributed by atoms with Crippen LogP contribution < -0.4 is 0 Å². The van der Waals surface area contributed by atoms with Gasteiger partial charge in [0, 0.05) is 12.4 Å². The van der Waals surface area contributed by atoms with Gasteiger partial charge in [-0.1, -0.05) is 33.3 Å². The summed E-state index contributed by atoms with van der Waals surface area (Å²) in [6.07, 6.45) is 5.76. The van der Waals surface area contributed by atoms with Crippen molar-refractivity contribution < 1.29 is 0 Å². The molecule has 2 aromatic rings. The molecule has 1 aromatic carbocycles. The van der Waals surface area contributed by atoms with Crippen LogP contribution >= 0.6 is 0 Å². The van der Waals surface area contributed by atoms with Gasteiger partial charge in [0.2, 0.25) is 0 Å². The number of aromatic nitrogens is 2. The zero-order valence-electron chi connectivity index (χ0n) is 10.2. The summed E-state index contributed by atoms with van der Waals surface area (Å²) in [6, 6.07) is 6.37. The molecule has 0 fully saturated rings. The van der Waals surface area contributed by atoms with Gasteiger partial charge in [-0.05, 0) is 29.5 Å². The number of nitrogens with zero attached hydrogens (tertiary/aromatic N) is 2. The Morgan fingerprint density at radius 2 is 1.75 bits per heavy atom. The Labute approximate surface area is 96.7 Å². The van der Waals surface area contributed by atoms with Crippen LogP contribution in [0, 0.1) is 5.41 Å². The highest BCUT2D eigenvalue weighted by atomic mass is 14.8. The average molecular weight is 214 g/mol. The van der Waals surface area contributed by atoms with Crippen molar-refractivity contribution in [2.45, 2.75) is 33.6 Å². The third-order valence-corrected chi connectivity index (χ3v) is 3.17. The van der Waals surface area contributed by atoms with Crippen molar-refractivity contribution >= 4 is 11.0 Å². The lowest BCUT2D eigenvalue weighted by Gasteiger charge is -2.22. The molecule has 0 amide bonds. The van der Waals surface area contributed by atoms with Crippen molar-refractivity contribution in [2.75, 3.05) is 0 Å². The van der Waals surface area contributed by atoms with E-state index in [-0.39, 0.29) is 0 Å². The molecule has 16 heavy (non-hydrogen) atoms. The minimum absolute atomic E-state index is 0.357. The molecule has 1 aromatic heterocycles. The maximum absolute atomic E-state index is 4.34. The molecule has 1 heterocycles. The number of rotatable bonds is 3. The highest BCUT2D eigenvalue weighted by Crippen LogP contribution is 2.26. The first kappa shape index (κ1) is 11.1. The fourth-order valence-electron chi connectivity index (χ4n) is 1.80. The van der Waals surface area contributed by atoms with Gasteiger partial charge in [-0.2, -0.15) is 0 Å². The molecule has 0 spiro atoms. The molecule has 0 saturated heterocycles. The van der Waals surface area contributed by atoms with Gasteiger partial charge in [-0.25, -0.2) is 0 Å². The molecule has 0 saturated carbocycles. The van der Waals surface area contributed by atoms with E-state index in [1.807, 2.05) is 0 Å². The summed E-state index contributed by atoms with van der Waals surface area (Å²) in [7, 11) is 0. The van der Waals surface area contributed by atoms with E-state index in [9.17, 15) is 0 Å². The molecule has 0 radical (unpaired) electrons. The Morgan fingerprint density at radius 1 is 1.06 bits per heavy atom. The Hall–Kier alpha value is -1.44. The second-order valence-corrected chi connectivity index (χ2v) is 5.07. The first-order chi connectivity index (χ1) is 7.61. The molecular formula is C14H18N2.